The molecule has 1 heterocycles. The number of hydrogen-bond donors (Lipinski definition) is 1. The van der Waals surface area contributed by atoms with Crippen molar-refractivity contribution < 1.29 is 9.53 Å². The fourth-order valence-electron chi connectivity index (χ4n) is 2.14. The van der Waals surface area contributed by atoms with Crippen molar-refractivity contribution in [2.45, 2.75) is 26.3 Å². The zero-order valence-corrected chi connectivity index (χ0v) is 10.8. The van der Waals surface area contributed by atoms with Gasteiger partial charge in [0.1, 0.15) is 0 Å². The Labute approximate surface area is 98.3 Å². The third kappa shape index (κ3) is 3.76. The Morgan fingerprint density at radius 1 is 1.56 bits per heavy atom. The molecule has 0 radical (unpaired) electrons. The Morgan fingerprint density at radius 3 is 2.69 bits per heavy atom. The molecular formula is C12H24N2O2. The highest BCUT2D eigenvalue weighted by Crippen LogP contribution is 2.13. The molecule has 1 saturated heterocycles. The minimum atomic E-state index is -0.103. The fraction of sp³-hybridized carbons (Fsp3) is 0.917. The maximum Gasteiger partial charge on any atom is 0.310 e. The molecule has 16 heavy (non-hydrogen) atoms. The minimum Gasteiger partial charge on any atom is -0.469 e. The van der Waals surface area contributed by atoms with Crippen LogP contribution < -0.4 is 5.32 Å². The van der Waals surface area contributed by atoms with E-state index in [-0.39, 0.29) is 11.9 Å². The fourth-order valence-corrected chi connectivity index (χ4v) is 2.14. The third-order valence-corrected chi connectivity index (χ3v) is 3.33. The summed E-state index contributed by atoms with van der Waals surface area (Å²) in [5.41, 5.74) is 0. The van der Waals surface area contributed by atoms with Crippen LogP contribution in [0.4, 0.5) is 0 Å². The van der Waals surface area contributed by atoms with Crippen molar-refractivity contribution in [3.05, 3.63) is 0 Å². The number of esters is 1. The summed E-state index contributed by atoms with van der Waals surface area (Å²) in [4.78, 5) is 13.9. The summed E-state index contributed by atoms with van der Waals surface area (Å²) in [7, 11) is 3.59. The first-order chi connectivity index (χ1) is 7.54. The van der Waals surface area contributed by atoms with Crippen LogP contribution in [0.5, 0.6) is 0 Å². The quantitative estimate of drug-likeness (QED) is 0.704. The predicted molar refractivity (Wildman–Crippen MR) is 64.2 cm³/mol. The molecule has 2 atom stereocenters. The summed E-state index contributed by atoms with van der Waals surface area (Å²) in [5.74, 6) is 0.184. The zero-order valence-electron chi connectivity index (χ0n) is 10.8. The monoisotopic (exact) mass is 228 g/mol. The van der Waals surface area contributed by atoms with E-state index in [2.05, 4.69) is 31.1 Å². The molecule has 0 aromatic heterocycles. The van der Waals surface area contributed by atoms with Crippen molar-refractivity contribution in [1.29, 1.82) is 0 Å². The van der Waals surface area contributed by atoms with E-state index in [1.54, 1.807) is 0 Å². The number of methoxy groups -OCH3 is 1. The Balaban J connectivity index is 2.35. The Bertz CT molecular complexity index is 231. The highest BCUT2D eigenvalue weighted by Gasteiger charge is 2.25. The topological polar surface area (TPSA) is 41.6 Å². The highest BCUT2D eigenvalue weighted by molar-refractivity contribution is 5.72. The van der Waals surface area contributed by atoms with Crippen LogP contribution >= 0.6 is 0 Å². The number of ether oxygens (including phenoxy) is 1. The Kier molecular flexibility index (Phi) is 5.22. The number of likely N-dealkylation sites (tertiary alicyclic amines) is 1. The molecule has 0 aliphatic carbocycles. The van der Waals surface area contributed by atoms with Gasteiger partial charge in [-0.1, -0.05) is 13.8 Å². The summed E-state index contributed by atoms with van der Waals surface area (Å²) in [5, 5.41) is 3.47. The van der Waals surface area contributed by atoms with E-state index in [1.165, 1.54) is 13.5 Å². The molecule has 0 spiro atoms. The van der Waals surface area contributed by atoms with E-state index >= 15 is 0 Å². The van der Waals surface area contributed by atoms with E-state index in [4.69, 9.17) is 4.74 Å². The zero-order chi connectivity index (χ0) is 12.1. The second-order valence-electron chi connectivity index (χ2n) is 5.03. The lowest BCUT2D eigenvalue weighted by Crippen LogP contribution is -2.39. The molecule has 1 rings (SSSR count). The van der Waals surface area contributed by atoms with Crippen LogP contribution in [0, 0.1) is 11.8 Å². The van der Waals surface area contributed by atoms with Crippen LogP contribution in [-0.2, 0) is 9.53 Å². The van der Waals surface area contributed by atoms with Crippen LogP contribution in [-0.4, -0.2) is 50.7 Å². The van der Waals surface area contributed by atoms with Crippen molar-refractivity contribution in [3.8, 4) is 0 Å². The Morgan fingerprint density at radius 2 is 2.25 bits per heavy atom. The number of nitrogens with one attached hydrogen (secondary N) is 1. The smallest absolute Gasteiger partial charge is 0.310 e. The first-order valence-electron chi connectivity index (χ1n) is 6.04. The first-order valence-corrected chi connectivity index (χ1v) is 6.04. The van der Waals surface area contributed by atoms with Gasteiger partial charge in [0.05, 0.1) is 13.0 Å². The molecular weight excluding hydrogens is 204 g/mol. The molecule has 4 nitrogen and oxygen atoms in total. The van der Waals surface area contributed by atoms with Crippen molar-refractivity contribution in [1.82, 2.24) is 10.2 Å². The lowest BCUT2D eigenvalue weighted by Gasteiger charge is -2.21. The van der Waals surface area contributed by atoms with Crippen molar-refractivity contribution >= 4 is 5.97 Å². The van der Waals surface area contributed by atoms with E-state index in [0.717, 1.165) is 19.6 Å². The highest BCUT2D eigenvalue weighted by atomic mass is 16.5. The Hall–Kier alpha value is -0.610. The van der Waals surface area contributed by atoms with Crippen LogP contribution in [0.2, 0.25) is 0 Å². The largest absolute Gasteiger partial charge is 0.469 e. The van der Waals surface area contributed by atoms with Gasteiger partial charge in [0.2, 0.25) is 0 Å². The molecule has 1 fully saturated rings. The molecule has 0 bridgehead atoms. The van der Waals surface area contributed by atoms with Gasteiger partial charge in [0.15, 0.2) is 0 Å². The molecule has 0 saturated carbocycles. The summed E-state index contributed by atoms with van der Waals surface area (Å²) >= 11 is 0. The number of carbonyl (C=O) groups is 1. The van der Waals surface area contributed by atoms with Crippen LogP contribution in [0.25, 0.3) is 0 Å². The average molecular weight is 228 g/mol. The lowest BCUT2D eigenvalue weighted by molar-refractivity contribution is -0.146. The second-order valence-corrected chi connectivity index (χ2v) is 5.03. The molecule has 0 aromatic carbocycles. The minimum absolute atomic E-state index is 0.0316. The van der Waals surface area contributed by atoms with Crippen molar-refractivity contribution in [3.63, 3.8) is 0 Å². The van der Waals surface area contributed by atoms with Gasteiger partial charge in [0.25, 0.3) is 0 Å². The summed E-state index contributed by atoms with van der Waals surface area (Å²) in [6, 6.07) is 0.524. The normalized spacial score (nSPS) is 23.7. The van der Waals surface area contributed by atoms with Gasteiger partial charge >= 0.3 is 5.97 Å². The molecule has 4 heteroatoms. The standard InChI is InChI=1S/C12H24N2O2/c1-9(2)11(12(15)16-4)7-13-10-5-6-14(3)8-10/h9-11,13H,5-8H2,1-4H3. The van der Waals surface area contributed by atoms with Gasteiger partial charge < -0.3 is 15.0 Å². The van der Waals surface area contributed by atoms with Gasteiger partial charge in [-0.2, -0.15) is 0 Å². The van der Waals surface area contributed by atoms with Gasteiger partial charge in [-0.05, 0) is 25.9 Å². The first kappa shape index (κ1) is 13.5. The van der Waals surface area contributed by atoms with E-state index in [0.29, 0.717) is 12.0 Å². The number of carbonyl (C=O) groups excluding carboxylic acids is 1. The molecule has 1 aliphatic rings. The average Bonchev–Trinajstić information content (AvgIpc) is 2.63. The summed E-state index contributed by atoms with van der Waals surface area (Å²) in [6.45, 7) is 7.06. The summed E-state index contributed by atoms with van der Waals surface area (Å²) in [6.07, 6.45) is 1.17. The number of nitrogens with zero attached hydrogens (tertiary/aromatic N) is 1. The lowest BCUT2D eigenvalue weighted by atomic mass is 9.95. The van der Waals surface area contributed by atoms with E-state index in [9.17, 15) is 4.79 Å². The molecule has 94 valence electrons. The molecule has 1 aliphatic heterocycles. The molecule has 1 N–H and O–H groups in total. The van der Waals surface area contributed by atoms with Crippen molar-refractivity contribution in [2.75, 3.05) is 33.8 Å². The number of hydrogen-bond acceptors (Lipinski definition) is 4. The van der Waals surface area contributed by atoms with Gasteiger partial charge in [-0.25, -0.2) is 0 Å². The van der Waals surface area contributed by atoms with E-state index < -0.39 is 0 Å². The summed E-state index contributed by atoms with van der Waals surface area (Å²) < 4.78 is 4.82. The maximum atomic E-state index is 11.5. The van der Waals surface area contributed by atoms with E-state index in [1.807, 2.05) is 0 Å². The SMILES string of the molecule is COC(=O)C(CNC1CCN(C)C1)C(C)C. The van der Waals surface area contributed by atoms with Crippen molar-refractivity contribution in [2.24, 2.45) is 11.8 Å². The molecule has 0 amide bonds. The number of likely N-dealkylation sites (N-methyl/N-ethyl adjacent to an activating group) is 1. The van der Waals surface area contributed by atoms with Gasteiger partial charge in [-0.3, -0.25) is 4.79 Å². The third-order valence-electron chi connectivity index (χ3n) is 3.33. The molecule has 2 unspecified atom stereocenters. The predicted octanol–water partition coefficient (Wildman–Crippen LogP) is 0.725. The second kappa shape index (κ2) is 6.21. The van der Waals surface area contributed by atoms with Crippen LogP contribution in [0.15, 0.2) is 0 Å². The maximum absolute atomic E-state index is 11.5. The van der Waals surface area contributed by atoms with Crippen LogP contribution in [0.1, 0.15) is 20.3 Å². The van der Waals surface area contributed by atoms with Gasteiger partial charge in [-0.15, -0.1) is 0 Å². The molecule has 0 aromatic rings. The number of rotatable bonds is 5. The van der Waals surface area contributed by atoms with Crippen LogP contribution in [0.3, 0.4) is 0 Å². The van der Waals surface area contributed by atoms with Gasteiger partial charge in [0, 0.05) is 19.1 Å².